The molecule has 0 amide bonds. The third kappa shape index (κ3) is 15.6. The van der Waals surface area contributed by atoms with E-state index in [0.29, 0.717) is 0 Å². The minimum atomic E-state index is 2.37. The minimum Gasteiger partial charge on any atom is -0.0687 e. The summed E-state index contributed by atoms with van der Waals surface area (Å²) in [6, 6.07) is 0. The van der Waals surface area contributed by atoms with E-state index in [0.717, 1.165) is 0 Å². The van der Waals surface area contributed by atoms with E-state index in [1.54, 1.807) is 0 Å². The zero-order valence-electron chi connectivity index (χ0n) is 10.9. The first kappa shape index (κ1) is 16.6. The molecule has 0 rings (SSSR count). The SMILES string of the molecule is C=C=C=C=C=C=C=C=C=C=C=C=C=C=C=C=C=C=C=C=C. The van der Waals surface area contributed by atoms with Crippen LogP contribution in [-0.2, 0) is 0 Å². The molecule has 0 radical (unpaired) electrons. The molecule has 0 bridgehead atoms. The van der Waals surface area contributed by atoms with Gasteiger partial charge in [-0.15, -0.1) is 0 Å². The Kier molecular flexibility index (Phi) is 12.3. The molecule has 0 atom stereocenters. The maximum Gasteiger partial charge on any atom is 0 e. The summed E-state index contributed by atoms with van der Waals surface area (Å²) in [6.45, 7) is 6.60. The van der Waals surface area contributed by atoms with Crippen LogP contribution in [0.15, 0.2) is 122 Å². The third-order valence-corrected chi connectivity index (χ3v) is 1.18. The lowest BCUT2D eigenvalue weighted by atomic mass is 10.6. The van der Waals surface area contributed by atoms with Gasteiger partial charge >= 0.3 is 0 Å². The van der Waals surface area contributed by atoms with Gasteiger partial charge in [-0.25, -0.2) is 0 Å². The molecule has 0 unspecified atom stereocenters. The molecule has 0 aromatic carbocycles. The molecule has 0 aromatic heterocycles. The lowest BCUT2D eigenvalue weighted by molar-refractivity contribution is 2.11. The molecule has 21 heavy (non-hydrogen) atoms. The monoisotopic (exact) mass is 256 g/mol. The molecule has 0 fully saturated rings. The van der Waals surface area contributed by atoms with E-state index in [4.69, 9.17) is 0 Å². The average molecular weight is 256 g/mol. The standard InChI is InChI=1S/C21H4/c1-3-5-7-9-11-13-15-17-19-21-20-18-16-14-12-10-8-6-4-2/h1-2H2. The van der Waals surface area contributed by atoms with Crippen molar-refractivity contribution in [3.63, 3.8) is 0 Å². The van der Waals surface area contributed by atoms with Crippen LogP contribution in [0, 0.1) is 0 Å². The molecular weight excluding hydrogens is 252 g/mol. The second-order valence-electron chi connectivity index (χ2n) is 2.48. The Morgan fingerprint density at radius 1 is 0.238 bits per heavy atom. The highest BCUT2D eigenvalue weighted by Crippen LogP contribution is 1.57. The molecule has 88 valence electrons. The van der Waals surface area contributed by atoms with Gasteiger partial charge in [0.05, 0.1) is 0 Å². The van der Waals surface area contributed by atoms with Crippen LogP contribution in [0.4, 0.5) is 0 Å². The van der Waals surface area contributed by atoms with E-state index in [1.807, 2.05) is 0 Å². The van der Waals surface area contributed by atoms with Gasteiger partial charge in [0.15, 0.2) is 0 Å². The fraction of sp³-hybridized carbons (Fsp3) is 0. The summed E-state index contributed by atoms with van der Waals surface area (Å²) in [4.78, 5) is 0. The predicted molar refractivity (Wildman–Crippen MR) is 78.0 cm³/mol. The molecule has 0 saturated heterocycles. The molecule has 0 nitrogen and oxygen atoms in total. The topological polar surface area (TPSA) is 0 Å². The molecule has 0 aromatic rings. The van der Waals surface area contributed by atoms with Gasteiger partial charge in [0, 0.05) is 5.73 Å². The first-order chi connectivity index (χ1) is 10.4. The van der Waals surface area contributed by atoms with Crippen LogP contribution >= 0.6 is 0 Å². The van der Waals surface area contributed by atoms with E-state index >= 15 is 0 Å². The van der Waals surface area contributed by atoms with E-state index in [-0.39, 0.29) is 0 Å². The second-order valence-corrected chi connectivity index (χ2v) is 2.48. The van der Waals surface area contributed by atoms with Crippen molar-refractivity contribution in [2.75, 3.05) is 0 Å². The average Bonchev–Trinajstić information content (AvgIpc) is 2.50. The van der Waals surface area contributed by atoms with E-state index in [1.165, 1.54) is 0 Å². The fourth-order valence-corrected chi connectivity index (χ4v) is 0.557. The van der Waals surface area contributed by atoms with E-state index in [2.05, 4.69) is 122 Å². The van der Waals surface area contributed by atoms with Gasteiger partial charge < -0.3 is 0 Å². The Hall–Kier alpha value is -4.44. The first-order valence-electron chi connectivity index (χ1n) is 5.21. The molecule has 0 aliphatic rings. The lowest BCUT2D eigenvalue weighted by Gasteiger charge is -1.40. The molecule has 0 heterocycles. The molecule has 0 heteroatoms. The Morgan fingerprint density at radius 3 is 0.524 bits per heavy atom. The number of hydrogen-bond donors (Lipinski definition) is 0. The Labute approximate surface area is 122 Å². The molecule has 0 N–H and O–H groups in total. The number of rotatable bonds is 0. The maximum absolute atomic E-state index is 3.30. The summed E-state index contributed by atoms with van der Waals surface area (Å²) in [5.41, 5.74) is 46.9. The largest absolute Gasteiger partial charge is 0.0687 e. The summed E-state index contributed by atoms with van der Waals surface area (Å²) >= 11 is 0. The van der Waals surface area contributed by atoms with Crippen molar-refractivity contribution in [2.24, 2.45) is 0 Å². The van der Waals surface area contributed by atoms with Crippen LogP contribution < -0.4 is 0 Å². The molecule has 0 aliphatic heterocycles. The van der Waals surface area contributed by atoms with Gasteiger partial charge in [0.25, 0.3) is 0 Å². The third-order valence-electron chi connectivity index (χ3n) is 1.18. The van der Waals surface area contributed by atoms with Crippen LogP contribution in [0.25, 0.3) is 0 Å². The van der Waals surface area contributed by atoms with Crippen molar-refractivity contribution in [1.29, 1.82) is 0 Å². The van der Waals surface area contributed by atoms with Gasteiger partial charge in [0.2, 0.25) is 0 Å². The molecule has 0 saturated carbocycles. The Balaban J connectivity index is 5.80. The normalized spacial score (nSPS) is 3.81. The van der Waals surface area contributed by atoms with Crippen molar-refractivity contribution >= 4 is 0 Å². The van der Waals surface area contributed by atoms with Crippen LogP contribution in [0.2, 0.25) is 0 Å². The summed E-state index contributed by atoms with van der Waals surface area (Å²) in [7, 11) is 0. The highest BCUT2D eigenvalue weighted by molar-refractivity contribution is 4.93. The first-order valence-corrected chi connectivity index (χ1v) is 5.21. The van der Waals surface area contributed by atoms with Crippen molar-refractivity contribution in [3.8, 4) is 0 Å². The molecular formula is C21H4. The Bertz CT molecular complexity index is 1020. The molecule has 0 spiro atoms. The summed E-state index contributed by atoms with van der Waals surface area (Å²) in [5, 5.41) is 0. The summed E-state index contributed by atoms with van der Waals surface area (Å²) in [5.74, 6) is 0. The smallest absolute Gasteiger partial charge is 0 e. The quantitative estimate of drug-likeness (QED) is 0.579. The summed E-state index contributed by atoms with van der Waals surface area (Å²) in [6.07, 6.45) is 0. The van der Waals surface area contributed by atoms with Gasteiger partial charge in [-0.05, 0) is 105 Å². The van der Waals surface area contributed by atoms with Crippen LogP contribution in [0.3, 0.4) is 0 Å². The van der Waals surface area contributed by atoms with Gasteiger partial charge in [-0.2, -0.15) is 0 Å². The van der Waals surface area contributed by atoms with E-state index in [9.17, 15) is 0 Å². The lowest BCUT2D eigenvalue weighted by Crippen LogP contribution is -1.24. The Morgan fingerprint density at radius 2 is 0.381 bits per heavy atom. The molecule has 0 aliphatic carbocycles. The number of hydrogen-bond acceptors (Lipinski definition) is 0. The van der Waals surface area contributed by atoms with Crippen molar-refractivity contribution in [1.82, 2.24) is 0 Å². The zero-order chi connectivity index (χ0) is 15.4. The second kappa shape index (κ2) is 15.6. The fourth-order valence-electron chi connectivity index (χ4n) is 0.557. The van der Waals surface area contributed by atoms with Gasteiger partial charge in [-0.1, -0.05) is 11.5 Å². The van der Waals surface area contributed by atoms with E-state index < -0.39 is 0 Å². The highest BCUT2D eigenvalue weighted by Gasteiger charge is 1.41. The van der Waals surface area contributed by atoms with Gasteiger partial charge in [0.1, 0.15) is 0 Å². The van der Waals surface area contributed by atoms with Crippen LogP contribution in [-0.4, -0.2) is 0 Å². The summed E-state index contributed by atoms with van der Waals surface area (Å²) < 4.78 is 0. The highest BCUT2D eigenvalue weighted by atomic mass is 13.4. The van der Waals surface area contributed by atoms with Gasteiger partial charge in [-0.3, -0.25) is 0 Å². The predicted octanol–water partition coefficient (Wildman–Crippen LogP) is 3.75. The zero-order valence-corrected chi connectivity index (χ0v) is 10.9. The van der Waals surface area contributed by atoms with Crippen molar-refractivity contribution in [3.05, 3.63) is 122 Å². The van der Waals surface area contributed by atoms with Crippen LogP contribution in [0.1, 0.15) is 0 Å². The van der Waals surface area contributed by atoms with Crippen molar-refractivity contribution < 1.29 is 0 Å². The van der Waals surface area contributed by atoms with Crippen molar-refractivity contribution in [2.45, 2.75) is 0 Å². The minimum absolute atomic E-state index is 2.37. The maximum atomic E-state index is 3.30. The van der Waals surface area contributed by atoms with Crippen LogP contribution in [0.5, 0.6) is 0 Å².